The molecule has 0 unspecified atom stereocenters. The average Bonchev–Trinajstić information content (AvgIpc) is 2.66. The van der Waals surface area contributed by atoms with Crippen LogP contribution in [0.25, 0.3) is 0 Å². The van der Waals surface area contributed by atoms with Crippen LogP contribution in [0.1, 0.15) is 18.5 Å². The van der Waals surface area contributed by atoms with Crippen molar-refractivity contribution in [1.29, 1.82) is 0 Å². The highest BCUT2D eigenvalue weighted by Gasteiger charge is 2.23. The minimum atomic E-state index is 0.0850. The van der Waals surface area contributed by atoms with E-state index in [1.165, 1.54) is 0 Å². The molecule has 0 saturated heterocycles. The number of amides is 1. The van der Waals surface area contributed by atoms with Gasteiger partial charge in [-0.3, -0.25) is 9.89 Å². The zero-order valence-corrected chi connectivity index (χ0v) is 6.71. The summed E-state index contributed by atoms with van der Waals surface area (Å²) in [6, 6.07) is 2.26. The Morgan fingerprint density at radius 3 is 3.17 bits per heavy atom. The number of H-pyrrole nitrogens is 1. The summed E-state index contributed by atoms with van der Waals surface area (Å²) in [6.07, 6.45) is 4.33. The predicted molar refractivity (Wildman–Crippen MR) is 43.5 cm³/mol. The standard InChI is InChI=1S/C8H11N3O/c12-8(10-6-1-2-6)5-7-3-4-9-11-7/h3-4,6H,1-2,5H2,(H,9,11)(H,10,12). The molecule has 0 aromatic carbocycles. The van der Waals surface area contributed by atoms with Gasteiger partial charge >= 0.3 is 0 Å². The fraction of sp³-hybridized carbons (Fsp3) is 0.500. The SMILES string of the molecule is O=C(Cc1ccn[nH]1)NC1CC1. The van der Waals surface area contributed by atoms with E-state index in [-0.39, 0.29) is 5.91 Å². The quantitative estimate of drug-likeness (QED) is 0.673. The largest absolute Gasteiger partial charge is 0.353 e. The fourth-order valence-electron chi connectivity index (χ4n) is 1.06. The van der Waals surface area contributed by atoms with Gasteiger partial charge in [0.25, 0.3) is 0 Å². The van der Waals surface area contributed by atoms with E-state index in [1.54, 1.807) is 6.20 Å². The third-order valence-corrected chi connectivity index (χ3v) is 1.85. The Labute approximate surface area is 70.4 Å². The molecule has 4 heteroatoms. The molecule has 0 aliphatic heterocycles. The molecular weight excluding hydrogens is 154 g/mol. The summed E-state index contributed by atoms with van der Waals surface area (Å²) in [5, 5.41) is 9.42. The lowest BCUT2D eigenvalue weighted by Crippen LogP contribution is -2.27. The predicted octanol–water partition coefficient (Wildman–Crippen LogP) is 0.231. The minimum Gasteiger partial charge on any atom is -0.353 e. The number of aromatic nitrogens is 2. The molecule has 2 N–H and O–H groups in total. The summed E-state index contributed by atoms with van der Waals surface area (Å²) in [7, 11) is 0. The van der Waals surface area contributed by atoms with Gasteiger partial charge in [0.2, 0.25) is 5.91 Å². The number of rotatable bonds is 3. The molecule has 1 amide bonds. The molecule has 2 rings (SSSR count). The van der Waals surface area contributed by atoms with E-state index in [0.717, 1.165) is 18.5 Å². The Kier molecular flexibility index (Phi) is 1.81. The van der Waals surface area contributed by atoms with Crippen molar-refractivity contribution in [2.45, 2.75) is 25.3 Å². The van der Waals surface area contributed by atoms with Gasteiger partial charge in [-0.25, -0.2) is 0 Å². The van der Waals surface area contributed by atoms with Gasteiger partial charge in [-0.2, -0.15) is 5.10 Å². The van der Waals surface area contributed by atoms with E-state index in [4.69, 9.17) is 0 Å². The second-order valence-corrected chi connectivity index (χ2v) is 3.10. The summed E-state index contributed by atoms with van der Waals surface area (Å²) in [6.45, 7) is 0. The Balaban J connectivity index is 1.82. The van der Waals surface area contributed by atoms with Gasteiger partial charge in [0, 0.05) is 17.9 Å². The zero-order valence-electron chi connectivity index (χ0n) is 6.71. The lowest BCUT2D eigenvalue weighted by atomic mass is 10.3. The van der Waals surface area contributed by atoms with Crippen molar-refractivity contribution < 1.29 is 4.79 Å². The van der Waals surface area contributed by atoms with Gasteiger partial charge < -0.3 is 5.32 Å². The number of nitrogens with zero attached hydrogens (tertiary/aromatic N) is 1. The number of carbonyl (C=O) groups excluding carboxylic acids is 1. The molecule has 1 fully saturated rings. The molecule has 1 aromatic heterocycles. The van der Waals surface area contributed by atoms with Crippen LogP contribution in [-0.2, 0) is 11.2 Å². The summed E-state index contributed by atoms with van der Waals surface area (Å²) in [5.74, 6) is 0.0850. The smallest absolute Gasteiger partial charge is 0.226 e. The molecule has 0 bridgehead atoms. The first-order chi connectivity index (χ1) is 5.84. The van der Waals surface area contributed by atoms with Crippen LogP contribution < -0.4 is 5.32 Å². The van der Waals surface area contributed by atoms with E-state index in [9.17, 15) is 4.79 Å². The third-order valence-electron chi connectivity index (χ3n) is 1.85. The highest BCUT2D eigenvalue weighted by molar-refractivity contribution is 5.78. The maximum Gasteiger partial charge on any atom is 0.226 e. The lowest BCUT2D eigenvalue weighted by Gasteiger charge is -1.99. The van der Waals surface area contributed by atoms with Gasteiger partial charge in [-0.15, -0.1) is 0 Å². The Hall–Kier alpha value is -1.32. The summed E-state index contributed by atoms with van der Waals surface area (Å²) in [5.41, 5.74) is 0.869. The van der Waals surface area contributed by atoms with Gasteiger partial charge in [-0.1, -0.05) is 0 Å². The van der Waals surface area contributed by atoms with Crippen molar-refractivity contribution in [3.8, 4) is 0 Å². The van der Waals surface area contributed by atoms with Crippen molar-refractivity contribution in [3.05, 3.63) is 18.0 Å². The summed E-state index contributed by atoms with van der Waals surface area (Å²) >= 11 is 0. The van der Waals surface area contributed by atoms with Crippen LogP contribution in [-0.4, -0.2) is 22.1 Å². The number of nitrogens with one attached hydrogen (secondary N) is 2. The molecule has 0 spiro atoms. The molecule has 12 heavy (non-hydrogen) atoms. The van der Waals surface area contributed by atoms with E-state index in [0.29, 0.717) is 12.5 Å². The van der Waals surface area contributed by atoms with Gasteiger partial charge in [0.1, 0.15) is 0 Å². The highest BCUT2D eigenvalue weighted by atomic mass is 16.1. The average molecular weight is 165 g/mol. The van der Waals surface area contributed by atoms with Crippen LogP contribution in [0, 0.1) is 0 Å². The van der Waals surface area contributed by atoms with Gasteiger partial charge in [-0.05, 0) is 18.9 Å². The van der Waals surface area contributed by atoms with E-state index < -0.39 is 0 Å². The van der Waals surface area contributed by atoms with Crippen LogP contribution in [0.4, 0.5) is 0 Å². The van der Waals surface area contributed by atoms with Crippen LogP contribution in [0.2, 0.25) is 0 Å². The molecule has 4 nitrogen and oxygen atoms in total. The first-order valence-corrected chi connectivity index (χ1v) is 4.12. The van der Waals surface area contributed by atoms with Gasteiger partial charge in [0.05, 0.1) is 6.42 Å². The molecule has 64 valence electrons. The topological polar surface area (TPSA) is 57.8 Å². The molecule has 1 heterocycles. The van der Waals surface area contributed by atoms with Crippen molar-refractivity contribution in [3.63, 3.8) is 0 Å². The summed E-state index contributed by atoms with van der Waals surface area (Å²) in [4.78, 5) is 11.2. The maximum atomic E-state index is 11.2. The molecule has 1 aromatic rings. The maximum absolute atomic E-state index is 11.2. The molecular formula is C8H11N3O. The van der Waals surface area contributed by atoms with E-state index >= 15 is 0 Å². The van der Waals surface area contributed by atoms with Crippen molar-refractivity contribution >= 4 is 5.91 Å². The molecule has 0 atom stereocenters. The van der Waals surface area contributed by atoms with Crippen LogP contribution in [0.15, 0.2) is 12.3 Å². The Morgan fingerprint density at radius 1 is 1.75 bits per heavy atom. The van der Waals surface area contributed by atoms with Crippen molar-refractivity contribution in [1.82, 2.24) is 15.5 Å². The Morgan fingerprint density at radius 2 is 2.58 bits per heavy atom. The third kappa shape index (κ3) is 1.84. The van der Waals surface area contributed by atoms with Gasteiger partial charge in [0.15, 0.2) is 0 Å². The summed E-state index contributed by atoms with van der Waals surface area (Å²) < 4.78 is 0. The number of hydrogen-bond donors (Lipinski definition) is 2. The lowest BCUT2D eigenvalue weighted by molar-refractivity contribution is -0.120. The van der Waals surface area contributed by atoms with Crippen LogP contribution >= 0.6 is 0 Å². The number of hydrogen-bond acceptors (Lipinski definition) is 2. The van der Waals surface area contributed by atoms with Crippen LogP contribution in [0.5, 0.6) is 0 Å². The van der Waals surface area contributed by atoms with Crippen LogP contribution in [0.3, 0.4) is 0 Å². The number of aromatic amines is 1. The normalized spacial score (nSPS) is 16.0. The highest BCUT2D eigenvalue weighted by Crippen LogP contribution is 2.18. The molecule has 1 saturated carbocycles. The van der Waals surface area contributed by atoms with Crippen molar-refractivity contribution in [2.75, 3.05) is 0 Å². The van der Waals surface area contributed by atoms with Crippen molar-refractivity contribution in [2.24, 2.45) is 0 Å². The first-order valence-electron chi connectivity index (χ1n) is 4.12. The van der Waals surface area contributed by atoms with E-state index in [1.807, 2.05) is 6.07 Å². The Bertz CT molecular complexity index is 264. The van der Waals surface area contributed by atoms with E-state index in [2.05, 4.69) is 15.5 Å². The minimum absolute atomic E-state index is 0.0850. The molecule has 1 aliphatic rings. The first kappa shape index (κ1) is 7.34. The number of carbonyl (C=O) groups is 1. The second kappa shape index (κ2) is 2.97. The zero-order chi connectivity index (χ0) is 8.39. The fourth-order valence-corrected chi connectivity index (χ4v) is 1.06. The second-order valence-electron chi connectivity index (χ2n) is 3.10. The molecule has 1 aliphatic carbocycles. The monoisotopic (exact) mass is 165 g/mol. The molecule has 0 radical (unpaired) electrons.